The molecule has 1 heterocycles. The zero-order valence-corrected chi connectivity index (χ0v) is 7.42. The average Bonchev–Trinajstić information content (AvgIpc) is 2.54. The molecule has 2 bridgehead atoms. The van der Waals surface area contributed by atoms with Crippen molar-refractivity contribution >= 4 is 0 Å². The maximum atomic E-state index is 5.21. The number of nitrogens with zero attached hydrogens (tertiary/aromatic N) is 1. The first kappa shape index (κ1) is 7.56. The third-order valence-corrected chi connectivity index (χ3v) is 3.43. The van der Waals surface area contributed by atoms with Gasteiger partial charge in [0.05, 0.1) is 6.61 Å². The van der Waals surface area contributed by atoms with Crippen molar-refractivity contribution in [1.82, 2.24) is 4.90 Å². The number of piperidine rings is 1. The van der Waals surface area contributed by atoms with E-state index in [2.05, 4.69) is 11.9 Å². The molecule has 0 aromatic heterocycles. The molecule has 2 rings (SSSR count). The Labute approximate surface area is 68.5 Å². The lowest BCUT2D eigenvalue weighted by Gasteiger charge is -2.31. The average molecular weight is 155 g/mol. The van der Waals surface area contributed by atoms with E-state index in [0.29, 0.717) is 0 Å². The van der Waals surface area contributed by atoms with Crippen molar-refractivity contribution in [3.63, 3.8) is 0 Å². The van der Waals surface area contributed by atoms with Gasteiger partial charge in [0, 0.05) is 19.2 Å². The van der Waals surface area contributed by atoms with E-state index in [4.69, 9.17) is 4.74 Å². The maximum absolute atomic E-state index is 5.21. The lowest BCUT2D eigenvalue weighted by Crippen LogP contribution is -2.40. The van der Waals surface area contributed by atoms with Gasteiger partial charge in [-0.1, -0.05) is 0 Å². The summed E-state index contributed by atoms with van der Waals surface area (Å²) >= 11 is 0. The van der Waals surface area contributed by atoms with Crippen LogP contribution < -0.4 is 0 Å². The smallest absolute Gasteiger partial charge is 0.0620 e. The molecule has 0 aromatic carbocycles. The number of rotatable bonds is 2. The number of fused-ring (bicyclic) bond motifs is 2. The van der Waals surface area contributed by atoms with Crippen LogP contribution in [0.5, 0.6) is 0 Å². The fraction of sp³-hybridized carbons (Fsp3) is 1.00. The summed E-state index contributed by atoms with van der Waals surface area (Å²) in [6.07, 6.45) is 4.27. The highest BCUT2D eigenvalue weighted by molar-refractivity contribution is 4.97. The fourth-order valence-corrected chi connectivity index (χ4v) is 2.74. The van der Waals surface area contributed by atoms with Crippen molar-refractivity contribution in [2.75, 3.05) is 20.8 Å². The van der Waals surface area contributed by atoms with Crippen LogP contribution in [0.25, 0.3) is 0 Å². The third kappa shape index (κ3) is 1.09. The van der Waals surface area contributed by atoms with Crippen molar-refractivity contribution in [2.45, 2.75) is 31.3 Å². The molecule has 1 saturated carbocycles. The normalized spacial score (nSPS) is 43.6. The molecule has 2 nitrogen and oxygen atoms in total. The monoisotopic (exact) mass is 155 g/mol. The lowest BCUT2D eigenvalue weighted by atomic mass is 10.00. The molecular formula is C9H17NO. The van der Waals surface area contributed by atoms with E-state index >= 15 is 0 Å². The van der Waals surface area contributed by atoms with Crippen LogP contribution in [0.3, 0.4) is 0 Å². The molecule has 0 spiro atoms. The summed E-state index contributed by atoms with van der Waals surface area (Å²) in [5.41, 5.74) is 0. The summed E-state index contributed by atoms with van der Waals surface area (Å²) in [5, 5.41) is 0. The molecule has 0 amide bonds. The zero-order valence-electron chi connectivity index (χ0n) is 7.42. The molecule has 1 saturated heterocycles. The Morgan fingerprint density at radius 2 is 2.27 bits per heavy atom. The molecule has 3 atom stereocenters. The number of ether oxygens (including phenoxy) is 1. The Hall–Kier alpha value is -0.0800. The van der Waals surface area contributed by atoms with Gasteiger partial charge in [-0.2, -0.15) is 0 Å². The highest BCUT2D eigenvalue weighted by atomic mass is 16.5. The van der Waals surface area contributed by atoms with Gasteiger partial charge in [0.1, 0.15) is 0 Å². The predicted octanol–water partition coefficient (Wildman–Crippen LogP) is 1.12. The van der Waals surface area contributed by atoms with Crippen LogP contribution in [-0.2, 0) is 4.74 Å². The largest absolute Gasteiger partial charge is 0.383 e. The van der Waals surface area contributed by atoms with Crippen LogP contribution in [0.15, 0.2) is 0 Å². The summed E-state index contributed by atoms with van der Waals surface area (Å²) in [7, 11) is 4.05. The first-order valence-corrected chi connectivity index (χ1v) is 4.54. The topological polar surface area (TPSA) is 12.5 Å². The molecule has 11 heavy (non-hydrogen) atoms. The van der Waals surface area contributed by atoms with E-state index in [9.17, 15) is 0 Å². The second kappa shape index (κ2) is 2.76. The van der Waals surface area contributed by atoms with Gasteiger partial charge in [-0.3, -0.25) is 4.90 Å². The van der Waals surface area contributed by atoms with Crippen LogP contribution in [0.2, 0.25) is 0 Å². The Kier molecular flexibility index (Phi) is 1.90. The highest BCUT2D eigenvalue weighted by Gasteiger charge is 2.43. The molecule has 1 aliphatic carbocycles. The third-order valence-electron chi connectivity index (χ3n) is 3.43. The zero-order chi connectivity index (χ0) is 7.84. The SMILES string of the molecule is COCC1C2CCC(C2)N1C. The van der Waals surface area contributed by atoms with E-state index in [1.807, 2.05) is 0 Å². The van der Waals surface area contributed by atoms with Crippen molar-refractivity contribution in [3.8, 4) is 0 Å². The number of methoxy groups -OCH3 is 1. The number of hydrogen-bond donors (Lipinski definition) is 0. The van der Waals surface area contributed by atoms with Gasteiger partial charge in [-0.05, 0) is 32.2 Å². The summed E-state index contributed by atoms with van der Waals surface area (Å²) in [6.45, 7) is 0.928. The quantitative estimate of drug-likeness (QED) is 0.592. The summed E-state index contributed by atoms with van der Waals surface area (Å²) in [4.78, 5) is 2.51. The van der Waals surface area contributed by atoms with E-state index in [1.165, 1.54) is 19.3 Å². The van der Waals surface area contributed by atoms with Crippen LogP contribution in [-0.4, -0.2) is 37.7 Å². The minimum atomic E-state index is 0.721. The summed E-state index contributed by atoms with van der Waals surface area (Å²) in [5.74, 6) is 0.935. The van der Waals surface area contributed by atoms with Crippen molar-refractivity contribution in [1.29, 1.82) is 0 Å². The predicted molar refractivity (Wildman–Crippen MR) is 44.6 cm³/mol. The first-order chi connectivity index (χ1) is 5.33. The second-order valence-corrected chi connectivity index (χ2v) is 3.92. The summed E-state index contributed by atoms with van der Waals surface area (Å²) < 4.78 is 5.21. The lowest BCUT2D eigenvalue weighted by molar-refractivity contribution is 0.0778. The Morgan fingerprint density at radius 1 is 1.45 bits per heavy atom. The van der Waals surface area contributed by atoms with Gasteiger partial charge >= 0.3 is 0 Å². The first-order valence-electron chi connectivity index (χ1n) is 4.54. The molecule has 2 heteroatoms. The molecule has 2 aliphatic rings. The maximum Gasteiger partial charge on any atom is 0.0620 e. The molecule has 0 aromatic rings. The van der Waals surface area contributed by atoms with Gasteiger partial charge in [-0.25, -0.2) is 0 Å². The van der Waals surface area contributed by atoms with Gasteiger partial charge in [-0.15, -0.1) is 0 Å². The minimum Gasteiger partial charge on any atom is -0.383 e. The molecular weight excluding hydrogens is 138 g/mol. The number of hydrogen-bond acceptors (Lipinski definition) is 2. The summed E-state index contributed by atoms with van der Waals surface area (Å²) in [6, 6.07) is 1.60. The Bertz CT molecular complexity index is 146. The van der Waals surface area contributed by atoms with Crippen LogP contribution >= 0.6 is 0 Å². The van der Waals surface area contributed by atoms with E-state index < -0.39 is 0 Å². The van der Waals surface area contributed by atoms with Crippen molar-refractivity contribution in [3.05, 3.63) is 0 Å². The van der Waals surface area contributed by atoms with E-state index in [1.54, 1.807) is 7.11 Å². The van der Waals surface area contributed by atoms with Crippen molar-refractivity contribution < 1.29 is 4.74 Å². The fourth-order valence-electron chi connectivity index (χ4n) is 2.74. The molecule has 0 radical (unpaired) electrons. The van der Waals surface area contributed by atoms with Gasteiger partial charge in [0.15, 0.2) is 0 Å². The van der Waals surface area contributed by atoms with Crippen molar-refractivity contribution in [2.24, 2.45) is 5.92 Å². The molecule has 2 fully saturated rings. The number of likely N-dealkylation sites (N-methyl/N-ethyl adjacent to an activating group) is 1. The molecule has 3 unspecified atom stereocenters. The van der Waals surface area contributed by atoms with Crippen LogP contribution in [0.1, 0.15) is 19.3 Å². The second-order valence-electron chi connectivity index (χ2n) is 3.92. The highest BCUT2D eigenvalue weighted by Crippen LogP contribution is 2.41. The molecule has 64 valence electrons. The van der Waals surface area contributed by atoms with Gasteiger partial charge in [0.25, 0.3) is 0 Å². The van der Waals surface area contributed by atoms with Gasteiger partial charge in [0.2, 0.25) is 0 Å². The van der Waals surface area contributed by atoms with E-state index in [0.717, 1.165) is 24.6 Å². The number of likely N-dealkylation sites (tertiary alicyclic amines) is 1. The van der Waals surface area contributed by atoms with E-state index in [-0.39, 0.29) is 0 Å². The van der Waals surface area contributed by atoms with Crippen LogP contribution in [0.4, 0.5) is 0 Å². The standard InChI is InChI=1S/C9H17NO/c1-10-8-4-3-7(5-8)9(10)6-11-2/h7-9H,3-6H2,1-2H3. The van der Waals surface area contributed by atoms with Gasteiger partial charge < -0.3 is 4.74 Å². The Balaban J connectivity index is 2.00. The van der Waals surface area contributed by atoms with Crippen LogP contribution in [0, 0.1) is 5.92 Å². The molecule has 1 aliphatic heterocycles. The molecule has 0 N–H and O–H groups in total. The Morgan fingerprint density at radius 3 is 2.82 bits per heavy atom. The minimum absolute atomic E-state index is 0.721.